The Labute approximate surface area is 330 Å². The number of carbonyl (C=O) groups is 3. The second-order valence-corrected chi connectivity index (χ2v) is 15.7. The molecule has 5 aliphatic rings. The number of nitrogens with one attached hydrogen (secondary N) is 3. The molecule has 0 aliphatic carbocycles. The maximum absolute atomic E-state index is 15.4. The van der Waals surface area contributed by atoms with E-state index in [9.17, 15) is 14.4 Å². The second kappa shape index (κ2) is 15.6. The van der Waals surface area contributed by atoms with Gasteiger partial charge in [0, 0.05) is 93.9 Å². The number of rotatable bonds is 9. The van der Waals surface area contributed by atoms with Crippen molar-refractivity contribution < 1.29 is 23.5 Å². The van der Waals surface area contributed by atoms with E-state index in [4.69, 9.17) is 9.72 Å². The average molecular weight is 775 g/mol. The molecule has 14 nitrogen and oxygen atoms in total. The molecule has 1 atom stereocenters. The molecule has 0 saturated carbocycles. The first kappa shape index (κ1) is 36.8. The fraction of sp³-hybridized carbons (Fsp3) is 0.429. The summed E-state index contributed by atoms with van der Waals surface area (Å²) in [6, 6.07) is 13.5. The first-order valence-corrected chi connectivity index (χ1v) is 19.9. The van der Waals surface area contributed by atoms with Gasteiger partial charge in [0.15, 0.2) is 0 Å². The Bertz CT molecular complexity index is 2190. The maximum atomic E-state index is 15.4. The zero-order chi connectivity index (χ0) is 39.0. The molecule has 0 radical (unpaired) electrons. The van der Waals surface area contributed by atoms with Gasteiger partial charge >= 0.3 is 0 Å². The van der Waals surface area contributed by atoms with E-state index >= 15 is 4.39 Å². The van der Waals surface area contributed by atoms with E-state index in [1.54, 1.807) is 12.1 Å². The van der Waals surface area contributed by atoms with Crippen LogP contribution in [-0.2, 0) is 40.2 Å². The van der Waals surface area contributed by atoms with Crippen LogP contribution in [0, 0.1) is 18.7 Å². The van der Waals surface area contributed by atoms with Crippen molar-refractivity contribution in [2.45, 2.75) is 51.6 Å². The third kappa shape index (κ3) is 7.80. The lowest BCUT2D eigenvalue weighted by Crippen LogP contribution is -2.64. The maximum Gasteiger partial charge on any atom is 0.237 e. The molecule has 0 bridgehead atoms. The summed E-state index contributed by atoms with van der Waals surface area (Å²) in [5.41, 5.74) is 8.20. The second-order valence-electron chi connectivity index (χ2n) is 15.7. The molecule has 57 heavy (non-hydrogen) atoms. The number of imide groups is 1. The first-order chi connectivity index (χ1) is 27.7. The molecule has 5 aliphatic heterocycles. The van der Waals surface area contributed by atoms with Gasteiger partial charge in [0.25, 0.3) is 0 Å². The number of hydrogen-bond donors (Lipinski definition) is 3. The van der Waals surface area contributed by atoms with Crippen LogP contribution in [0.25, 0.3) is 0 Å². The van der Waals surface area contributed by atoms with Gasteiger partial charge in [-0.2, -0.15) is 0 Å². The summed E-state index contributed by atoms with van der Waals surface area (Å²) < 4.78 is 21.1. The number of piperidine rings is 1. The van der Waals surface area contributed by atoms with Gasteiger partial charge in [0.1, 0.15) is 18.1 Å². The molecule has 3 N–H and O–H groups in total. The summed E-state index contributed by atoms with van der Waals surface area (Å²) in [5, 5.41) is 9.01. The smallest absolute Gasteiger partial charge is 0.237 e. The summed E-state index contributed by atoms with van der Waals surface area (Å²) in [4.78, 5) is 59.5. The molecule has 7 heterocycles. The number of fused-ring (bicyclic) bond motifs is 2. The predicted octanol–water partition coefficient (Wildman–Crippen LogP) is 3.60. The standard InChI is InChI=1S/C42H47FN10O4/c1-26-36(22-45-41-39(26)44-11-17-57-41)52-12-10-30-21-46-42(48-35(30)25-52)47-31-6-4-28(34(43)20-31)19-38(55)53-23-33(24-53)51-15-13-50(14-16-51)32-7-2-27(3-8-32)18-29-5-9-37(54)49-40(29)56/h2-4,6-8,20-22,29,33,44H,5,9-19,23-25H2,1H3,(H,46,47,48)(H,49,54,56). The highest BCUT2D eigenvalue weighted by molar-refractivity contribution is 5.98. The number of pyridine rings is 1. The molecule has 2 aromatic heterocycles. The fourth-order valence-corrected chi connectivity index (χ4v) is 8.57. The first-order valence-electron chi connectivity index (χ1n) is 19.9. The predicted molar refractivity (Wildman–Crippen MR) is 213 cm³/mol. The lowest BCUT2D eigenvalue weighted by molar-refractivity contribution is -0.138. The number of carbonyl (C=O) groups excluding carboxylic acids is 3. The lowest BCUT2D eigenvalue weighted by atomic mass is 9.91. The summed E-state index contributed by atoms with van der Waals surface area (Å²) >= 11 is 0. The van der Waals surface area contributed by atoms with Crippen LogP contribution in [0.5, 0.6) is 5.88 Å². The van der Waals surface area contributed by atoms with Gasteiger partial charge in [0.05, 0.1) is 30.5 Å². The number of amides is 3. The largest absolute Gasteiger partial charge is 0.474 e. The van der Waals surface area contributed by atoms with E-state index in [0.717, 1.165) is 85.1 Å². The van der Waals surface area contributed by atoms with Crippen LogP contribution in [0.1, 0.15) is 40.8 Å². The number of ether oxygens (including phenoxy) is 1. The Morgan fingerprint density at radius 3 is 2.60 bits per heavy atom. The zero-order valence-corrected chi connectivity index (χ0v) is 32.1. The number of piperazine rings is 1. The van der Waals surface area contributed by atoms with E-state index < -0.39 is 5.82 Å². The summed E-state index contributed by atoms with van der Waals surface area (Å²) in [7, 11) is 0. The number of hydrogen-bond acceptors (Lipinski definition) is 12. The molecule has 3 amide bonds. The number of nitrogens with zero attached hydrogens (tertiary/aromatic N) is 7. The van der Waals surface area contributed by atoms with Crippen LogP contribution in [0.4, 0.5) is 33.1 Å². The highest BCUT2D eigenvalue weighted by atomic mass is 19.1. The summed E-state index contributed by atoms with van der Waals surface area (Å²) in [6.07, 6.45) is 6.14. The fourth-order valence-electron chi connectivity index (χ4n) is 8.57. The Balaban J connectivity index is 0.734. The van der Waals surface area contributed by atoms with Crippen LogP contribution in [0.2, 0.25) is 0 Å². The van der Waals surface area contributed by atoms with Crippen molar-refractivity contribution in [3.05, 3.63) is 88.6 Å². The van der Waals surface area contributed by atoms with Crippen molar-refractivity contribution in [1.29, 1.82) is 0 Å². The monoisotopic (exact) mass is 774 g/mol. The van der Waals surface area contributed by atoms with Gasteiger partial charge in [0.2, 0.25) is 29.5 Å². The van der Waals surface area contributed by atoms with E-state index in [-0.39, 0.29) is 30.1 Å². The van der Waals surface area contributed by atoms with Gasteiger partial charge in [-0.15, -0.1) is 0 Å². The van der Waals surface area contributed by atoms with Crippen LogP contribution < -0.4 is 30.5 Å². The van der Waals surface area contributed by atoms with E-state index in [2.05, 4.69) is 71.8 Å². The molecule has 296 valence electrons. The lowest BCUT2D eigenvalue weighted by Gasteiger charge is -2.48. The molecule has 4 aromatic rings. The number of likely N-dealkylation sites (tertiary alicyclic amines) is 1. The molecule has 1 unspecified atom stereocenters. The highest BCUT2D eigenvalue weighted by Crippen LogP contribution is 2.36. The quantitative estimate of drug-likeness (QED) is 0.214. The minimum atomic E-state index is -0.442. The van der Waals surface area contributed by atoms with E-state index in [1.807, 2.05) is 17.3 Å². The Hall–Kier alpha value is -5.83. The van der Waals surface area contributed by atoms with Crippen molar-refractivity contribution in [3.63, 3.8) is 0 Å². The SMILES string of the molecule is Cc1c(N2CCc3cnc(Nc4ccc(CC(=O)N5CC(N6CCN(c7ccc(CC8CCC(=O)NC8=O)cc7)CC6)C5)c(F)c4)nc3C2)cnc2c1NCCO2. The van der Waals surface area contributed by atoms with Gasteiger partial charge < -0.3 is 30.1 Å². The molecule has 2 aromatic carbocycles. The highest BCUT2D eigenvalue weighted by Gasteiger charge is 2.36. The van der Waals surface area contributed by atoms with Crippen LogP contribution in [0.15, 0.2) is 54.9 Å². The van der Waals surface area contributed by atoms with Crippen molar-refractivity contribution >= 4 is 46.4 Å². The molecule has 9 rings (SSSR count). The third-order valence-electron chi connectivity index (χ3n) is 12.0. The van der Waals surface area contributed by atoms with Crippen molar-refractivity contribution in [2.24, 2.45) is 5.92 Å². The van der Waals surface area contributed by atoms with Crippen molar-refractivity contribution in [1.82, 2.24) is 30.1 Å². The number of benzene rings is 2. The Morgan fingerprint density at radius 2 is 1.81 bits per heavy atom. The van der Waals surface area contributed by atoms with Crippen molar-refractivity contribution in [3.8, 4) is 5.88 Å². The Morgan fingerprint density at radius 1 is 0.982 bits per heavy atom. The minimum absolute atomic E-state index is 0.00986. The number of aromatic nitrogens is 3. The zero-order valence-electron chi connectivity index (χ0n) is 32.1. The van der Waals surface area contributed by atoms with Crippen LogP contribution in [0.3, 0.4) is 0 Å². The van der Waals surface area contributed by atoms with Crippen molar-refractivity contribution in [2.75, 3.05) is 79.4 Å². The van der Waals surface area contributed by atoms with Gasteiger partial charge in [-0.1, -0.05) is 18.2 Å². The molecule has 3 fully saturated rings. The number of anilines is 5. The van der Waals surface area contributed by atoms with Gasteiger partial charge in [-0.3, -0.25) is 24.6 Å². The van der Waals surface area contributed by atoms with Crippen LogP contribution >= 0.6 is 0 Å². The molecular weight excluding hydrogens is 728 g/mol. The summed E-state index contributed by atoms with van der Waals surface area (Å²) in [5.74, 6) is -0.00547. The van der Waals surface area contributed by atoms with E-state index in [0.29, 0.717) is 74.6 Å². The summed E-state index contributed by atoms with van der Waals surface area (Å²) in [6.45, 7) is 9.72. The third-order valence-corrected chi connectivity index (χ3v) is 12.0. The van der Waals surface area contributed by atoms with E-state index in [1.165, 1.54) is 6.07 Å². The molecule has 3 saturated heterocycles. The molecule has 0 spiro atoms. The Kier molecular flexibility index (Phi) is 10.1. The minimum Gasteiger partial charge on any atom is -0.474 e. The number of halogens is 1. The van der Waals surface area contributed by atoms with Gasteiger partial charge in [-0.05, 0) is 67.1 Å². The molecular formula is C42H47FN10O4. The van der Waals surface area contributed by atoms with Crippen LogP contribution in [-0.4, -0.2) is 107 Å². The van der Waals surface area contributed by atoms with Gasteiger partial charge in [-0.25, -0.2) is 19.3 Å². The normalized spacial score (nSPS) is 19.8. The average Bonchev–Trinajstić information content (AvgIpc) is 3.20. The molecule has 15 heteroatoms. The topological polar surface area (TPSA) is 148 Å².